The lowest BCUT2D eigenvalue weighted by Crippen LogP contribution is -2.25. The molecule has 0 saturated heterocycles. The van der Waals surface area contributed by atoms with Crippen molar-refractivity contribution in [1.82, 2.24) is 4.98 Å². The molecule has 52 heavy (non-hydrogen) atoms. The average Bonchev–Trinajstić information content (AvgIpc) is 3.21. The Bertz CT molecular complexity index is 2660. The zero-order valence-corrected chi connectivity index (χ0v) is 30.1. The van der Waals surface area contributed by atoms with E-state index >= 15 is 0 Å². The molecule has 0 fully saturated rings. The molecule has 0 atom stereocenters. The lowest BCUT2D eigenvalue weighted by molar-refractivity contribution is 0.622. The lowest BCUT2D eigenvalue weighted by Gasteiger charge is -2.35. The number of hydrogen-bond donors (Lipinski definition) is 0. The van der Waals surface area contributed by atoms with E-state index in [1.54, 1.807) is 0 Å². The smallest absolute Gasteiger partial charge is 0.0706 e. The highest BCUT2D eigenvalue weighted by Gasteiger charge is 2.36. The molecule has 1 aliphatic rings. The van der Waals surface area contributed by atoms with Crippen LogP contribution in [0, 0.1) is 0 Å². The first kappa shape index (κ1) is 31.7. The standard InChI is InChI=1S/C48H34N2.C2H6/c1-48(2)42-28-22-33-20-26-39-38(31-18-23-37(24-19-31)50(35-14-8-4-9-15-35)36-16-10-5-11-17-36)25-21-34-30-41(46(42)45(33)44(34)39)40-27-29-43(49-47(40)48)32-12-6-3-7-13-32;1-2/h3-30H,1-2H3;1-2H3. The van der Waals surface area contributed by atoms with Crippen molar-refractivity contribution in [3.05, 3.63) is 181 Å². The predicted molar refractivity (Wildman–Crippen MR) is 222 cm³/mol. The summed E-state index contributed by atoms with van der Waals surface area (Å²) < 4.78 is 0. The molecule has 250 valence electrons. The van der Waals surface area contributed by atoms with Gasteiger partial charge in [0.05, 0.1) is 11.4 Å². The maximum Gasteiger partial charge on any atom is 0.0706 e. The molecular formula is C50H40N2. The van der Waals surface area contributed by atoms with Crippen LogP contribution >= 0.6 is 0 Å². The van der Waals surface area contributed by atoms with Gasteiger partial charge >= 0.3 is 0 Å². The van der Waals surface area contributed by atoms with Crippen molar-refractivity contribution < 1.29 is 0 Å². The maximum atomic E-state index is 5.35. The summed E-state index contributed by atoms with van der Waals surface area (Å²) in [6.45, 7) is 8.67. The fraction of sp³-hybridized carbons (Fsp3) is 0.100. The number of rotatable bonds is 5. The van der Waals surface area contributed by atoms with E-state index in [-0.39, 0.29) is 5.41 Å². The van der Waals surface area contributed by atoms with Crippen molar-refractivity contribution in [2.24, 2.45) is 0 Å². The molecule has 0 amide bonds. The summed E-state index contributed by atoms with van der Waals surface area (Å²) in [6.07, 6.45) is 0. The van der Waals surface area contributed by atoms with Gasteiger partial charge in [0.2, 0.25) is 0 Å². The minimum atomic E-state index is -0.253. The van der Waals surface area contributed by atoms with Crippen molar-refractivity contribution in [2.45, 2.75) is 33.1 Å². The van der Waals surface area contributed by atoms with Crippen molar-refractivity contribution in [3.63, 3.8) is 0 Å². The van der Waals surface area contributed by atoms with Crippen molar-refractivity contribution in [2.75, 3.05) is 4.90 Å². The Morgan fingerprint density at radius 2 is 1.02 bits per heavy atom. The Labute approximate surface area is 306 Å². The number of fused-ring (bicyclic) bond motifs is 2. The van der Waals surface area contributed by atoms with Crippen LogP contribution in [0.3, 0.4) is 0 Å². The number of benzene rings is 8. The molecule has 8 aromatic carbocycles. The zero-order valence-electron chi connectivity index (χ0n) is 30.1. The monoisotopic (exact) mass is 668 g/mol. The van der Waals surface area contributed by atoms with E-state index in [9.17, 15) is 0 Å². The predicted octanol–water partition coefficient (Wildman–Crippen LogP) is 14.1. The Morgan fingerprint density at radius 1 is 0.442 bits per heavy atom. The van der Waals surface area contributed by atoms with Gasteiger partial charge in [-0.05, 0) is 103 Å². The summed E-state index contributed by atoms with van der Waals surface area (Å²) in [6, 6.07) is 61.6. The normalized spacial score (nSPS) is 12.8. The second kappa shape index (κ2) is 12.5. The summed E-state index contributed by atoms with van der Waals surface area (Å²) in [5.41, 5.74) is 12.8. The SMILES string of the molecule is CC.CC1(C)c2nc(-c3ccccc3)ccc2-c2cc3ccc(-c4ccc(N(c5ccccc5)c5ccccc5)cc4)c4ccc5ccc1c2c5c34. The summed E-state index contributed by atoms with van der Waals surface area (Å²) >= 11 is 0. The molecule has 2 heteroatoms. The first-order valence-electron chi connectivity index (χ1n) is 18.4. The zero-order chi connectivity index (χ0) is 35.4. The molecule has 1 aromatic heterocycles. The third kappa shape index (κ3) is 4.90. The Kier molecular flexibility index (Phi) is 7.63. The van der Waals surface area contributed by atoms with Gasteiger partial charge in [-0.1, -0.05) is 149 Å². The largest absolute Gasteiger partial charge is 0.311 e. The molecule has 0 aliphatic heterocycles. The van der Waals surface area contributed by atoms with Gasteiger partial charge in [-0.15, -0.1) is 0 Å². The van der Waals surface area contributed by atoms with Gasteiger partial charge < -0.3 is 4.90 Å². The summed E-state index contributed by atoms with van der Waals surface area (Å²) in [5, 5.41) is 7.90. The number of para-hydroxylation sites is 2. The van der Waals surface area contributed by atoms with Gasteiger partial charge in [-0.2, -0.15) is 0 Å². The van der Waals surface area contributed by atoms with Gasteiger partial charge in [-0.25, -0.2) is 0 Å². The van der Waals surface area contributed by atoms with E-state index < -0.39 is 0 Å². The molecule has 0 unspecified atom stereocenters. The number of anilines is 3. The van der Waals surface area contributed by atoms with Crippen LogP contribution in [-0.4, -0.2) is 4.98 Å². The van der Waals surface area contributed by atoms with Gasteiger partial charge in [0.1, 0.15) is 0 Å². The van der Waals surface area contributed by atoms with Crippen LogP contribution in [-0.2, 0) is 5.41 Å². The van der Waals surface area contributed by atoms with Crippen molar-refractivity contribution in [1.29, 1.82) is 0 Å². The minimum absolute atomic E-state index is 0.253. The lowest BCUT2D eigenvalue weighted by atomic mass is 9.69. The Balaban J connectivity index is 0.00000177. The van der Waals surface area contributed by atoms with Crippen molar-refractivity contribution in [3.8, 4) is 33.5 Å². The fourth-order valence-corrected chi connectivity index (χ4v) is 8.34. The Hall–Kier alpha value is -6.25. The van der Waals surface area contributed by atoms with E-state index in [1.165, 1.54) is 60.1 Å². The molecule has 9 aromatic rings. The van der Waals surface area contributed by atoms with Gasteiger partial charge in [-0.3, -0.25) is 4.98 Å². The first-order valence-corrected chi connectivity index (χ1v) is 18.4. The summed E-state index contributed by atoms with van der Waals surface area (Å²) in [5.74, 6) is 0. The highest BCUT2D eigenvalue weighted by Crippen LogP contribution is 2.52. The highest BCUT2D eigenvalue weighted by molar-refractivity contribution is 6.29. The van der Waals surface area contributed by atoms with Crippen molar-refractivity contribution >= 4 is 49.4 Å². The highest BCUT2D eigenvalue weighted by atomic mass is 15.1. The number of pyridine rings is 1. The molecule has 0 saturated carbocycles. The topological polar surface area (TPSA) is 16.1 Å². The molecule has 0 bridgehead atoms. The van der Waals surface area contributed by atoms with Gasteiger partial charge in [0, 0.05) is 33.6 Å². The third-order valence-electron chi connectivity index (χ3n) is 10.7. The molecule has 10 rings (SSSR count). The van der Waals surface area contributed by atoms with E-state index in [0.29, 0.717) is 0 Å². The summed E-state index contributed by atoms with van der Waals surface area (Å²) in [7, 11) is 0. The van der Waals surface area contributed by atoms with E-state index in [4.69, 9.17) is 4.98 Å². The van der Waals surface area contributed by atoms with Crippen LogP contribution in [0.2, 0.25) is 0 Å². The second-order valence-electron chi connectivity index (χ2n) is 14.0. The number of hydrogen-bond acceptors (Lipinski definition) is 2. The van der Waals surface area contributed by atoms with E-state index in [1.807, 2.05) is 13.8 Å². The minimum Gasteiger partial charge on any atom is -0.311 e. The van der Waals surface area contributed by atoms with E-state index in [0.717, 1.165) is 34.0 Å². The van der Waals surface area contributed by atoms with E-state index in [2.05, 4.69) is 189 Å². The van der Waals surface area contributed by atoms with Crippen LogP contribution in [0.25, 0.3) is 65.8 Å². The number of nitrogens with zero attached hydrogens (tertiary/aromatic N) is 2. The van der Waals surface area contributed by atoms with Gasteiger partial charge in [0.25, 0.3) is 0 Å². The quantitative estimate of drug-likeness (QED) is 0.170. The summed E-state index contributed by atoms with van der Waals surface area (Å²) in [4.78, 5) is 7.66. The van der Waals surface area contributed by atoms with Crippen LogP contribution in [0.15, 0.2) is 170 Å². The number of aromatic nitrogens is 1. The molecule has 2 nitrogen and oxygen atoms in total. The molecule has 1 heterocycles. The fourth-order valence-electron chi connectivity index (χ4n) is 8.34. The maximum absolute atomic E-state index is 5.35. The molecular weight excluding hydrogens is 629 g/mol. The van der Waals surface area contributed by atoms with Crippen LogP contribution < -0.4 is 4.90 Å². The second-order valence-corrected chi connectivity index (χ2v) is 14.0. The van der Waals surface area contributed by atoms with Crippen LogP contribution in [0.4, 0.5) is 17.1 Å². The van der Waals surface area contributed by atoms with Crippen LogP contribution in [0.1, 0.15) is 39.0 Å². The molecule has 1 aliphatic carbocycles. The van der Waals surface area contributed by atoms with Crippen LogP contribution in [0.5, 0.6) is 0 Å². The molecule has 0 radical (unpaired) electrons. The average molecular weight is 669 g/mol. The first-order chi connectivity index (χ1) is 25.6. The molecule has 0 N–H and O–H groups in total. The Morgan fingerprint density at radius 3 is 1.69 bits per heavy atom. The van der Waals surface area contributed by atoms with Gasteiger partial charge in [0.15, 0.2) is 0 Å². The molecule has 0 spiro atoms. The third-order valence-corrected chi connectivity index (χ3v) is 10.7.